The molecule has 0 amide bonds. The van der Waals surface area contributed by atoms with Gasteiger partial charge in [0, 0.05) is 61.2 Å². The van der Waals surface area contributed by atoms with E-state index in [4.69, 9.17) is 0 Å². The molecule has 4 heterocycles. The summed E-state index contributed by atoms with van der Waals surface area (Å²) in [5, 5.41) is 3.81. The summed E-state index contributed by atoms with van der Waals surface area (Å²) in [5.74, 6) is 0. The van der Waals surface area contributed by atoms with Gasteiger partial charge in [0.15, 0.2) is 0 Å². The van der Waals surface area contributed by atoms with Crippen LogP contribution < -0.4 is 15.8 Å². The van der Waals surface area contributed by atoms with Crippen molar-refractivity contribution in [3.63, 3.8) is 0 Å². The third-order valence-electron chi connectivity index (χ3n) is 17.4. The van der Waals surface area contributed by atoms with E-state index in [1.54, 1.807) is 0 Å². The normalized spacial score (nSPS) is 14.0. The molecule has 0 fully saturated rings. The molecule has 2 aromatic heterocycles. The number of para-hydroxylation sites is 1. The molecule has 78 heavy (non-hydrogen) atoms. The second-order valence-electron chi connectivity index (χ2n) is 29.2. The second-order valence-corrected chi connectivity index (χ2v) is 29.2. The van der Waals surface area contributed by atoms with E-state index in [9.17, 15) is 0 Å². The highest BCUT2D eigenvalue weighted by atomic mass is 15.2. The highest BCUT2D eigenvalue weighted by Gasteiger charge is 2.47. The lowest BCUT2D eigenvalue weighted by Crippen LogP contribution is -2.57. The van der Waals surface area contributed by atoms with E-state index in [0.29, 0.717) is 0 Å². The van der Waals surface area contributed by atoms with Crippen molar-refractivity contribution >= 4 is 67.5 Å². The van der Waals surface area contributed by atoms with Crippen LogP contribution >= 0.6 is 0 Å². The maximum Gasteiger partial charge on any atom is 0.333 e. The van der Waals surface area contributed by atoms with Gasteiger partial charge >= 0.3 is 6.85 Å². The lowest BCUT2D eigenvalue weighted by Gasteiger charge is -2.44. The zero-order chi connectivity index (χ0) is 55.6. The lowest BCUT2D eigenvalue weighted by molar-refractivity contribution is 0.589. The molecule has 0 saturated heterocycles. The highest BCUT2D eigenvalue weighted by Crippen LogP contribution is 2.55. The zero-order valence-electron chi connectivity index (χ0n) is 49.9. The average molecular weight is 1020 g/mol. The summed E-state index contributed by atoms with van der Waals surface area (Å²) in [5.41, 5.74) is 26.6. The number of anilines is 3. The molecule has 4 heteroatoms. The first-order valence-corrected chi connectivity index (χ1v) is 28.7. The van der Waals surface area contributed by atoms with Crippen LogP contribution in [0, 0.1) is 0 Å². The first kappa shape index (κ1) is 51.7. The first-order chi connectivity index (χ1) is 36.5. The van der Waals surface area contributed by atoms with E-state index < -0.39 is 0 Å². The molecule has 0 spiro atoms. The molecular formula is C74H80BN3. The van der Waals surface area contributed by atoms with Crippen molar-refractivity contribution < 1.29 is 0 Å². The predicted octanol–water partition coefficient (Wildman–Crippen LogP) is 19.3. The van der Waals surface area contributed by atoms with Crippen LogP contribution in [-0.4, -0.2) is 15.9 Å². The molecule has 0 bridgehead atoms. The third kappa shape index (κ3) is 8.13. The molecule has 2 aliphatic rings. The van der Waals surface area contributed by atoms with Crippen molar-refractivity contribution in [1.82, 2.24) is 9.05 Å². The van der Waals surface area contributed by atoms with E-state index >= 15 is 0 Å². The van der Waals surface area contributed by atoms with Gasteiger partial charge in [0.1, 0.15) is 0 Å². The molecule has 0 saturated carbocycles. The minimum absolute atomic E-state index is 0.00847. The number of aromatic nitrogens is 2. The van der Waals surface area contributed by atoms with Crippen LogP contribution in [0.4, 0.5) is 17.1 Å². The fraction of sp³-hybridized carbons (Fsp3) is 0.324. The fourth-order valence-corrected chi connectivity index (χ4v) is 13.0. The summed E-state index contributed by atoms with van der Waals surface area (Å²) in [6.07, 6.45) is 0. The zero-order valence-corrected chi connectivity index (χ0v) is 49.9. The van der Waals surface area contributed by atoms with Gasteiger partial charge in [-0.15, -0.1) is 0 Å². The van der Waals surface area contributed by atoms with E-state index in [1.165, 1.54) is 133 Å². The highest BCUT2D eigenvalue weighted by molar-refractivity contribution is 6.90. The monoisotopic (exact) mass is 1020 g/mol. The van der Waals surface area contributed by atoms with Gasteiger partial charge in [-0.1, -0.05) is 240 Å². The summed E-state index contributed by atoms with van der Waals surface area (Å²) in [6, 6.07) is 62.4. The SMILES string of the molecule is CC(C)(C)c1ccc(-c2c(-c3ccc(C(C)(C)C)cc3)n3c4c(cc5c6ccccc6n(-c6ccc(C(C)(C)C)cc6)c5c24)-c2ccc(C(C)(C)C)c4c2B3c2cc(C(C)(C)C)ccc2N4c2ccc(C(C)(C)C)cc2)cc1. The maximum atomic E-state index is 2.84. The Morgan fingerprint density at radius 3 is 1.40 bits per heavy atom. The van der Waals surface area contributed by atoms with E-state index in [2.05, 4.69) is 296 Å². The molecule has 0 aliphatic carbocycles. The Labute approximate surface area is 466 Å². The molecule has 394 valence electrons. The van der Waals surface area contributed by atoms with Crippen LogP contribution in [0.5, 0.6) is 0 Å². The van der Waals surface area contributed by atoms with Crippen molar-refractivity contribution in [2.75, 3.05) is 4.90 Å². The maximum absolute atomic E-state index is 2.84. The summed E-state index contributed by atoms with van der Waals surface area (Å²) < 4.78 is 5.44. The molecule has 2 aliphatic heterocycles. The third-order valence-corrected chi connectivity index (χ3v) is 17.4. The van der Waals surface area contributed by atoms with Crippen molar-refractivity contribution in [3.8, 4) is 39.2 Å². The molecule has 10 aromatic rings. The van der Waals surface area contributed by atoms with Gasteiger partial charge in [-0.2, -0.15) is 0 Å². The molecule has 0 radical (unpaired) electrons. The second kappa shape index (κ2) is 17.2. The topological polar surface area (TPSA) is 13.1 Å². The van der Waals surface area contributed by atoms with Gasteiger partial charge in [0.2, 0.25) is 0 Å². The Balaban J connectivity index is 1.33. The Morgan fingerprint density at radius 1 is 0.385 bits per heavy atom. The predicted molar refractivity (Wildman–Crippen MR) is 340 cm³/mol. The van der Waals surface area contributed by atoms with Crippen LogP contribution in [0.1, 0.15) is 158 Å². The quantitative estimate of drug-likeness (QED) is 0.160. The minimum Gasteiger partial charge on any atom is -0.375 e. The smallest absolute Gasteiger partial charge is 0.333 e. The minimum atomic E-state index is -0.181. The molecule has 3 nitrogen and oxygen atoms in total. The standard InChI is InChI=1S/C74H80BN3/c1-69(2,3)47-27-23-45(24-28-47)62-63-66-56(54-21-19-20-22-60(54)76(66)52-36-31-49(32-37-52)71(7,8)9)44-57-55-40-41-58(74(16,17)18)68-64(55)75(78(67(57)63)65(62)46-25-29-48(30-26-46)70(4,5)6)59-43-51(73(13,14)15)35-42-61(59)77(68)53-38-33-50(34-39-53)72(10,11)12/h19-44H,1-18H3. The Hall–Kier alpha value is -7.04. The van der Waals surface area contributed by atoms with Gasteiger partial charge in [-0.05, 0) is 136 Å². The molecule has 8 aromatic carbocycles. The number of rotatable bonds is 4. The molecule has 0 unspecified atom stereocenters. The van der Waals surface area contributed by atoms with E-state index in [0.717, 1.165) is 0 Å². The van der Waals surface area contributed by atoms with Crippen LogP contribution in [0.3, 0.4) is 0 Å². The molecule has 0 atom stereocenters. The van der Waals surface area contributed by atoms with Crippen LogP contribution in [0.2, 0.25) is 0 Å². The van der Waals surface area contributed by atoms with Gasteiger partial charge in [-0.25, -0.2) is 0 Å². The van der Waals surface area contributed by atoms with Crippen LogP contribution in [0.25, 0.3) is 71.9 Å². The van der Waals surface area contributed by atoms with Crippen molar-refractivity contribution in [2.45, 2.75) is 157 Å². The average Bonchev–Trinajstić information content (AvgIpc) is 4.01. The molecular weight excluding hydrogens is 942 g/mol. The summed E-state index contributed by atoms with van der Waals surface area (Å²) in [6.45, 7) is 42.0. The van der Waals surface area contributed by atoms with Crippen LogP contribution in [0.15, 0.2) is 158 Å². The van der Waals surface area contributed by atoms with Gasteiger partial charge < -0.3 is 13.9 Å². The van der Waals surface area contributed by atoms with Crippen molar-refractivity contribution in [1.29, 1.82) is 0 Å². The van der Waals surface area contributed by atoms with Gasteiger partial charge in [0.25, 0.3) is 0 Å². The number of nitrogens with zero attached hydrogens (tertiary/aromatic N) is 3. The summed E-state index contributed by atoms with van der Waals surface area (Å²) in [7, 11) is 0. The van der Waals surface area contributed by atoms with Gasteiger partial charge in [0.05, 0.1) is 11.0 Å². The summed E-state index contributed by atoms with van der Waals surface area (Å²) >= 11 is 0. The fourth-order valence-electron chi connectivity index (χ4n) is 13.0. The number of fused-ring (bicyclic) bond motifs is 8. The number of hydrogen-bond acceptors (Lipinski definition) is 1. The lowest BCUT2D eigenvalue weighted by atomic mass is 9.44. The molecule has 0 N–H and O–H groups in total. The Morgan fingerprint density at radius 2 is 0.872 bits per heavy atom. The number of hydrogen-bond donors (Lipinski definition) is 0. The number of benzene rings is 8. The largest absolute Gasteiger partial charge is 0.375 e. The Kier molecular flexibility index (Phi) is 11.4. The van der Waals surface area contributed by atoms with Crippen molar-refractivity contribution in [3.05, 3.63) is 191 Å². The van der Waals surface area contributed by atoms with Crippen molar-refractivity contribution in [2.24, 2.45) is 0 Å². The van der Waals surface area contributed by atoms with Gasteiger partial charge in [-0.3, -0.25) is 0 Å². The molecule has 12 rings (SSSR count). The first-order valence-electron chi connectivity index (χ1n) is 28.7. The Bertz CT molecular complexity index is 4020. The van der Waals surface area contributed by atoms with Crippen LogP contribution in [-0.2, 0) is 32.5 Å². The van der Waals surface area contributed by atoms with E-state index in [1.807, 2.05) is 0 Å². The summed E-state index contributed by atoms with van der Waals surface area (Å²) in [4.78, 5) is 2.64. The van der Waals surface area contributed by atoms with E-state index in [-0.39, 0.29) is 39.3 Å².